The van der Waals surface area contributed by atoms with Crippen LogP contribution < -0.4 is 5.32 Å². The van der Waals surface area contributed by atoms with E-state index in [-0.39, 0.29) is 0 Å². The number of hydrogen-bond donors (Lipinski definition) is 1. The summed E-state index contributed by atoms with van der Waals surface area (Å²) in [4.78, 5) is 0. The number of hydrogen-bond acceptors (Lipinski definition) is 3. The first kappa shape index (κ1) is 11.3. The van der Waals surface area contributed by atoms with E-state index in [9.17, 15) is 0 Å². The Balaban J connectivity index is 2.10. The molecule has 2 aromatic rings. The maximum atomic E-state index is 4.33. The number of nitrogens with one attached hydrogen (secondary N) is 1. The Morgan fingerprint density at radius 2 is 2.11 bits per heavy atom. The SMILES string of the molecule is Cc1nnc(-c2ccc3c(c2)CCN3)n1C(C)C. The zero-order valence-corrected chi connectivity index (χ0v) is 11.1. The van der Waals surface area contributed by atoms with Crippen LogP contribution in [0.3, 0.4) is 0 Å². The highest BCUT2D eigenvalue weighted by molar-refractivity contribution is 5.66. The minimum absolute atomic E-state index is 0.376. The van der Waals surface area contributed by atoms with Gasteiger partial charge in [0.1, 0.15) is 5.82 Å². The number of fused-ring (bicyclic) bond motifs is 1. The number of anilines is 1. The van der Waals surface area contributed by atoms with Gasteiger partial charge in [0.05, 0.1) is 0 Å². The smallest absolute Gasteiger partial charge is 0.164 e. The van der Waals surface area contributed by atoms with Gasteiger partial charge in [-0.15, -0.1) is 10.2 Å². The lowest BCUT2D eigenvalue weighted by molar-refractivity contribution is 0.587. The molecule has 1 aromatic heterocycles. The maximum absolute atomic E-state index is 4.33. The molecular weight excluding hydrogens is 224 g/mol. The van der Waals surface area contributed by atoms with E-state index in [1.165, 1.54) is 11.3 Å². The van der Waals surface area contributed by atoms with Gasteiger partial charge in [0.15, 0.2) is 5.82 Å². The molecule has 94 valence electrons. The van der Waals surface area contributed by atoms with Gasteiger partial charge in [-0.3, -0.25) is 0 Å². The molecule has 0 fully saturated rings. The second kappa shape index (κ2) is 4.12. The molecule has 0 radical (unpaired) electrons. The van der Waals surface area contributed by atoms with E-state index in [0.29, 0.717) is 6.04 Å². The van der Waals surface area contributed by atoms with Crippen LogP contribution in [-0.4, -0.2) is 21.3 Å². The topological polar surface area (TPSA) is 42.7 Å². The second-order valence-corrected chi connectivity index (χ2v) is 5.08. The summed E-state index contributed by atoms with van der Waals surface area (Å²) in [6, 6.07) is 6.88. The Labute approximate surface area is 107 Å². The number of nitrogens with zero attached hydrogens (tertiary/aromatic N) is 3. The second-order valence-electron chi connectivity index (χ2n) is 5.08. The molecule has 18 heavy (non-hydrogen) atoms. The highest BCUT2D eigenvalue weighted by atomic mass is 15.3. The van der Waals surface area contributed by atoms with Crippen LogP contribution in [0.15, 0.2) is 18.2 Å². The summed E-state index contributed by atoms with van der Waals surface area (Å²) in [5, 5.41) is 11.9. The number of aromatic nitrogens is 3. The fourth-order valence-corrected chi connectivity index (χ4v) is 2.63. The molecule has 4 nitrogen and oxygen atoms in total. The largest absolute Gasteiger partial charge is 0.384 e. The van der Waals surface area contributed by atoms with Gasteiger partial charge < -0.3 is 9.88 Å². The minimum atomic E-state index is 0.376. The molecule has 0 aliphatic carbocycles. The van der Waals surface area contributed by atoms with Crippen LogP contribution in [0.5, 0.6) is 0 Å². The number of benzene rings is 1. The first-order valence-electron chi connectivity index (χ1n) is 6.45. The molecule has 3 rings (SSSR count). The van der Waals surface area contributed by atoms with Gasteiger partial charge in [0.2, 0.25) is 0 Å². The van der Waals surface area contributed by atoms with E-state index in [0.717, 1.165) is 30.2 Å². The van der Waals surface area contributed by atoms with Crippen LogP contribution in [0.25, 0.3) is 11.4 Å². The maximum Gasteiger partial charge on any atom is 0.164 e. The zero-order chi connectivity index (χ0) is 12.7. The van der Waals surface area contributed by atoms with Crippen LogP contribution >= 0.6 is 0 Å². The van der Waals surface area contributed by atoms with Crippen molar-refractivity contribution in [2.75, 3.05) is 11.9 Å². The third-order valence-electron chi connectivity index (χ3n) is 3.46. The Bertz CT molecular complexity index is 583. The van der Waals surface area contributed by atoms with Crippen molar-refractivity contribution in [3.63, 3.8) is 0 Å². The van der Waals surface area contributed by atoms with Gasteiger partial charge in [-0.2, -0.15) is 0 Å². The van der Waals surface area contributed by atoms with Gasteiger partial charge in [-0.05, 0) is 51.0 Å². The normalized spacial score (nSPS) is 13.8. The highest BCUT2D eigenvalue weighted by Crippen LogP contribution is 2.29. The van der Waals surface area contributed by atoms with Crippen molar-refractivity contribution in [2.24, 2.45) is 0 Å². The molecule has 0 atom stereocenters. The van der Waals surface area contributed by atoms with E-state index < -0.39 is 0 Å². The third kappa shape index (κ3) is 1.68. The van der Waals surface area contributed by atoms with Gasteiger partial charge >= 0.3 is 0 Å². The van der Waals surface area contributed by atoms with Crippen LogP contribution in [0.1, 0.15) is 31.3 Å². The fraction of sp³-hybridized carbons (Fsp3) is 0.429. The quantitative estimate of drug-likeness (QED) is 0.880. The van der Waals surface area contributed by atoms with E-state index in [1.54, 1.807) is 0 Å². The van der Waals surface area contributed by atoms with Crippen molar-refractivity contribution in [1.82, 2.24) is 14.8 Å². The monoisotopic (exact) mass is 242 g/mol. The summed E-state index contributed by atoms with van der Waals surface area (Å²) in [5.74, 6) is 1.94. The molecule has 0 amide bonds. The molecule has 0 saturated heterocycles. The Kier molecular flexibility index (Phi) is 2.58. The summed E-state index contributed by atoms with van der Waals surface area (Å²) in [6.45, 7) is 7.36. The summed E-state index contributed by atoms with van der Waals surface area (Å²) in [6.07, 6.45) is 1.10. The third-order valence-corrected chi connectivity index (χ3v) is 3.46. The summed E-state index contributed by atoms with van der Waals surface area (Å²) < 4.78 is 2.18. The van der Waals surface area contributed by atoms with E-state index in [4.69, 9.17) is 0 Å². The van der Waals surface area contributed by atoms with E-state index in [2.05, 4.69) is 52.1 Å². The summed E-state index contributed by atoms with van der Waals surface area (Å²) in [5.41, 5.74) is 3.79. The number of aryl methyl sites for hydroxylation is 1. The number of rotatable bonds is 2. The molecule has 2 heterocycles. The lowest BCUT2D eigenvalue weighted by Crippen LogP contribution is -2.05. The predicted octanol–water partition coefficient (Wildman–Crippen LogP) is 2.80. The molecule has 1 aromatic carbocycles. The van der Waals surface area contributed by atoms with Crippen LogP contribution in [-0.2, 0) is 6.42 Å². The molecule has 1 N–H and O–H groups in total. The lowest BCUT2D eigenvalue weighted by atomic mass is 10.1. The van der Waals surface area contributed by atoms with E-state index >= 15 is 0 Å². The molecule has 0 unspecified atom stereocenters. The van der Waals surface area contributed by atoms with Crippen molar-refractivity contribution in [3.05, 3.63) is 29.6 Å². The Morgan fingerprint density at radius 1 is 1.28 bits per heavy atom. The van der Waals surface area contributed by atoms with Gasteiger partial charge in [0, 0.05) is 23.8 Å². The lowest BCUT2D eigenvalue weighted by Gasteiger charge is -2.13. The highest BCUT2D eigenvalue weighted by Gasteiger charge is 2.16. The zero-order valence-electron chi connectivity index (χ0n) is 11.1. The fourth-order valence-electron chi connectivity index (χ4n) is 2.63. The summed E-state index contributed by atoms with van der Waals surface area (Å²) in [7, 11) is 0. The van der Waals surface area contributed by atoms with Gasteiger partial charge in [-0.1, -0.05) is 0 Å². The molecule has 0 bridgehead atoms. The summed E-state index contributed by atoms with van der Waals surface area (Å²) >= 11 is 0. The van der Waals surface area contributed by atoms with Crippen LogP contribution in [0.4, 0.5) is 5.69 Å². The first-order chi connectivity index (χ1) is 8.66. The standard InChI is InChI=1S/C14H18N4/c1-9(2)18-10(3)16-17-14(18)12-4-5-13-11(8-12)6-7-15-13/h4-5,8-9,15H,6-7H2,1-3H3. The molecule has 0 spiro atoms. The molecule has 1 aliphatic heterocycles. The van der Waals surface area contributed by atoms with E-state index in [1.807, 2.05) is 6.92 Å². The van der Waals surface area contributed by atoms with Crippen molar-refractivity contribution < 1.29 is 0 Å². The van der Waals surface area contributed by atoms with Crippen molar-refractivity contribution in [3.8, 4) is 11.4 Å². The minimum Gasteiger partial charge on any atom is -0.384 e. The molecule has 4 heteroatoms. The van der Waals surface area contributed by atoms with Crippen molar-refractivity contribution in [2.45, 2.75) is 33.2 Å². The van der Waals surface area contributed by atoms with Crippen molar-refractivity contribution >= 4 is 5.69 Å². The van der Waals surface area contributed by atoms with Crippen molar-refractivity contribution in [1.29, 1.82) is 0 Å². The molecule has 1 aliphatic rings. The van der Waals surface area contributed by atoms with Gasteiger partial charge in [-0.25, -0.2) is 0 Å². The Morgan fingerprint density at radius 3 is 2.89 bits per heavy atom. The first-order valence-corrected chi connectivity index (χ1v) is 6.45. The Hall–Kier alpha value is -1.84. The average molecular weight is 242 g/mol. The molecule has 0 saturated carbocycles. The molecular formula is C14H18N4. The average Bonchev–Trinajstić information content (AvgIpc) is 2.93. The van der Waals surface area contributed by atoms with Crippen LogP contribution in [0.2, 0.25) is 0 Å². The predicted molar refractivity (Wildman–Crippen MR) is 72.8 cm³/mol. The van der Waals surface area contributed by atoms with Gasteiger partial charge in [0.25, 0.3) is 0 Å². The van der Waals surface area contributed by atoms with Crippen LogP contribution in [0, 0.1) is 6.92 Å².